The fourth-order valence-electron chi connectivity index (χ4n) is 2.98. The van der Waals surface area contributed by atoms with Crippen molar-refractivity contribution in [1.29, 1.82) is 0 Å². The Balaban J connectivity index is 2.19. The number of carbonyl (C=O) groups is 3. The Morgan fingerprint density at radius 1 is 1.22 bits per heavy atom. The molecule has 0 spiro atoms. The highest BCUT2D eigenvalue weighted by Gasteiger charge is 2.24. The number of methoxy groups -OCH3 is 1. The molecule has 0 aliphatic heterocycles. The molecule has 7 nitrogen and oxygen atoms in total. The maximum Gasteiger partial charge on any atom is 0.339 e. The summed E-state index contributed by atoms with van der Waals surface area (Å²) in [4.78, 5) is 38.9. The van der Waals surface area contributed by atoms with Gasteiger partial charge in [0, 0.05) is 24.8 Å². The van der Waals surface area contributed by atoms with E-state index in [2.05, 4.69) is 15.6 Å². The average Bonchev–Trinajstić information content (AvgIpc) is 2.95. The SMILES string of the molecule is CCCc1c(C(=O)NCc2cccc(NC(C)=O)c2)[nH]c(C)c1C(=O)OC. The lowest BCUT2D eigenvalue weighted by atomic mass is 10.0. The van der Waals surface area contributed by atoms with Gasteiger partial charge >= 0.3 is 5.97 Å². The number of aromatic nitrogens is 1. The lowest BCUT2D eigenvalue weighted by molar-refractivity contribution is -0.114. The van der Waals surface area contributed by atoms with Gasteiger partial charge in [-0.3, -0.25) is 9.59 Å². The van der Waals surface area contributed by atoms with Crippen molar-refractivity contribution in [3.05, 3.63) is 52.3 Å². The number of amides is 2. The number of benzene rings is 1. The summed E-state index contributed by atoms with van der Waals surface area (Å²) < 4.78 is 4.85. The second-order valence-corrected chi connectivity index (χ2v) is 6.28. The van der Waals surface area contributed by atoms with Crippen molar-refractivity contribution in [2.75, 3.05) is 12.4 Å². The molecule has 0 bridgehead atoms. The number of rotatable bonds is 7. The molecule has 2 aromatic rings. The number of hydrogen-bond acceptors (Lipinski definition) is 4. The molecule has 0 saturated carbocycles. The molecule has 0 radical (unpaired) electrons. The van der Waals surface area contributed by atoms with Crippen LogP contribution >= 0.6 is 0 Å². The average molecular weight is 371 g/mol. The molecule has 3 N–H and O–H groups in total. The molecule has 1 heterocycles. The molecule has 1 aromatic heterocycles. The maximum atomic E-state index is 12.7. The van der Waals surface area contributed by atoms with Crippen molar-refractivity contribution >= 4 is 23.5 Å². The highest BCUT2D eigenvalue weighted by molar-refractivity contribution is 6.00. The van der Waals surface area contributed by atoms with Gasteiger partial charge in [-0.1, -0.05) is 25.5 Å². The van der Waals surface area contributed by atoms with E-state index in [0.717, 1.165) is 12.0 Å². The molecule has 0 fully saturated rings. The van der Waals surface area contributed by atoms with E-state index in [1.54, 1.807) is 19.1 Å². The number of aromatic amines is 1. The fourth-order valence-corrected chi connectivity index (χ4v) is 2.98. The number of carbonyl (C=O) groups excluding carboxylic acids is 3. The van der Waals surface area contributed by atoms with E-state index >= 15 is 0 Å². The van der Waals surface area contributed by atoms with Gasteiger partial charge in [-0.15, -0.1) is 0 Å². The Hall–Kier alpha value is -3.09. The van der Waals surface area contributed by atoms with Gasteiger partial charge < -0.3 is 20.4 Å². The summed E-state index contributed by atoms with van der Waals surface area (Å²) >= 11 is 0. The van der Waals surface area contributed by atoms with Crippen LogP contribution in [0.1, 0.15) is 57.9 Å². The molecule has 2 rings (SSSR count). The Labute approximate surface area is 158 Å². The van der Waals surface area contributed by atoms with Crippen molar-refractivity contribution in [2.45, 2.75) is 40.2 Å². The lowest BCUT2D eigenvalue weighted by Gasteiger charge is -2.09. The first-order chi connectivity index (χ1) is 12.9. The zero-order chi connectivity index (χ0) is 20.0. The van der Waals surface area contributed by atoms with E-state index < -0.39 is 5.97 Å². The minimum atomic E-state index is -0.450. The number of esters is 1. The normalized spacial score (nSPS) is 10.4. The first-order valence-electron chi connectivity index (χ1n) is 8.81. The number of H-pyrrole nitrogens is 1. The van der Waals surface area contributed by atoms with Crippen molar-refractivity contribution < 1.29 is 19.1 Å². The van der Waals surface area contributed by atoms with Crippen molar-refractivity contribution in [1.82, 2.24) is 10.3 Å². The molecule has 0 saturated heterocycles. The van der Waals surface area contributed by atoms with Gasteiger partial charge in [0.15, 0.2) is 0 Å². The summed E-state index contributed by atoms with van der Waals surface area (Å²) in [6, 6.07) is 7.25. The van der Waals surface area contributed by atoms with E-state index in [1.807, 2.05) is 19.1 Å². The van der Waals surface area contributed by atoms with Crippen LogP contribution in [-0.2, 0) is 22.5 Å². The minimum absolute atomic E-state index is 0.155. The Kier molecular flexibility index (Phi) is 6.76. The second kappa shape index (κ2) is 9.02. The first kappa shape index (κ1) is 20.2. The molecule has 1 aromatic carbocycles. The summed E-state index contributed by atoms with van der Waals surface area (Å²) in [5, 5.41) is 5.57. The van der Waals surface area contributed by atoms with E-state index in [-0.39, 0.29) is 11.8 Å². The van der Waals surface area contributed by atoms with E-state index in [4.69, 9.17) is 4.74 Å². The van der Waals surface area contributed by atoms with Crippen LogP contribution in [0.2, 0.25) is 0 Å². The highest BCUT2D eigenvalue weighted by atomic mass is 16.5. The first-order valence-corrected chi connectivity index (χ1v) is 8.81. The van der Waals surface area contributed by atoms with Crippen LogP contribution in [0.15, 0.2) is 24.3 Å². The third kappa shape index (κ3) is 4.97. The molecular formula is C20H25N3O4. The standard InChI is InChI=1S/C20H25N3O4/c1-5-7-16-17(20(26)27-4)12(2)22-18(16)19(25)21-11-14-8-6-9-15(10-14)23-13(3)24/h6,8-10,22H,5,7,11H2,1-4H3,(H,21,25)(H,23,24). The predicted molar refractivity (Wildman–Crippen MR) is 103 cm³/mol. The lowest BCUT2D eigenvalue weighted by Crippen LogP contribution is -2.24. The monoisotopic (exact) mass is 371 g/mol. The number of ether oxygens (including phenoxy) is 1. The molecule has 27 heavy (non-hydrogen) atoms. The van der Waals surface area contributed by atoms with Gasteiger partial charge in [0.05, 0.1) is 12.7 Å². The largest absolute Gasteiger partial charge is 0.465 e. The molecule has 0 aliphatic carbocycles. The van der Waals surface area contributed by atoms with Crippen LogP contribution in [0.4, 0.5) is 5.69 Å². The summed E-state index contributed by atoms with van der Waals surface area (Å²) in [5.41, 5.74) is 3.62. The molecular weight excluding hydrogens is 346 g/mol. The van der Waals surface area contributed by atoms with Gasteiger partial charge in [-0.25, -0.2) is 4.79 Å². The highest BCUT2D eigenvalue weighted by Crippen LogP contribution is 2.22. The van der Waals surface area contributed by atoms with E-state index in [9.17, 15) is 14.4 Å². The van der Waals surface area contributed by atoms with Crippen molar-refractivity contribution in [3.63, 3.8) is 0 Å². The van der Waals surface area contributed by atoms with Gasteiger partial charge in [0.1, 0.15) is 5.69 Å². The van der Waals surface area contributed by atoms with Crippen LogP contribution in [0, 0.1) is 6.92 Å². The zero-order valence-electron chi connectivity index (χ0n) is 16.1. The molecule has 144 valence electrons. The second-order valence-electron chi connectivity index (χ2n) is 6.28. The van der Waals surface area contributed by atoms with Crippen LogP contribution < -0.4 is 10.6 Å². The quantitative estimate of drug-likeness (QED) is 0.652. The molecule has 0 unspecified atom stereocenters. The number of nitrogens with one attached hydrogen (secondary N) is 3. The third-order valence-corrected chi connectivity index (χ3v) is 4.11. The van der Waals surface area contributed by atoms with Crippen LogP contribution in [0.3, 0.4) is 0 Å². The third-order valence-electron chi connectivity index (χ3n) is 4.11. The molecule has 7 heteroatoms. The minimum Gasteiger partial charge on any atom is -0.465 e. The summed E-state index contributed by atoms with van der Waals surface area (Å²) in [7, 11) is 1.33. The van der Waals surface area contributed by atoms with Gasteiger partial charge in [0.2, 0.25) is 5.91 Å². The topological polar surface area (TPSA) is 100 Å². The smallest absolute Gasteiger partial charge is 0.339 e. The summed E-state index contributed by atoms with van der Waals surface area (Å²) in [6.07, 6.45) is 1.38. The fraction of sp³-hybridized carbons (Fsp3) is 0.350. The van der Waals surface area contributed by atoms with Crippen LogP contribution in [0.5, 0.6) is 0 Å². The summed E-state index contributed by atoms with van der Waals surface area (Å²) in [5.74, 6) is -0.895. The predicted octanol–water partition coefficient (Wildman–Crippen LogP) is 2.95. The Morgan fingerprint density at radius 3 is 2.59 bits per heavy atom. The Morgan fingerprint density at radius 2 is 1.96 bits per heavy atom. The summed E-state index contributed by atoms with van der Waals surface area (Å²) in [6.45, 7) is 5.47. The van der Waals surface area contributed by atoms with E-state index in [0.29, 0.717) is 41.2 Å². The Bertz CT molecular complexity index is 855. The van der Waals surface area contributed by atoms with E-state index in [1.165, 1.54) is 14.0 Å². The molecule has 0 aliphatic rings. The van der Waals surface area contributed by atoms with Crippen molar-refractivity contribution in [3.8, 4) is 0 Å². The number of aryl methyl sites for hydroxylation is 1. The molecule has 2 amide bonds. The van der Waals surface area contributed by atoms with Crippen LogP contribution in [0.25, 0.3) is 0 Å². The number of anilines is 1. The van der Waals surface area contributed by atoms with Gasteiger partial charge in [-0.2, -0.15) is 0 Å². The van der Waals surface area contributed by atoms with Crippen LogP contribution in [-0.4, -0.2) is 29.9 Å². The maximum absolute atomic E-state index is 12.7. The van der Waals surface area contributed by atoms with Crippen molar-refractivity contribution in [2.24, 2.45) is 0 Å². The molecule has 0 atom stereocenters. The number of hydrogen-bond donors (Lipinski definition) is 3. The zero-order valence-corrected chi connectivity index (χ0v) is 16.1. The van der Waals surface area contributed by atoms with Gasteiger partial charge in [0.25, 0.3) is 5.91 Å². The van der Waals surface area contributed by atoms with Gasteiger partial charge in [-0.05, 0) is 36.6 Å².